The molecule has 0 aliphatic carbocycles. The minimum atomic E-state index is 0.429. The molecule has 1 aromatic heterocycles. The van der Waals surface area contributed by atoms with Crippen molar-refractivity contribution in [3.63, 3.8) is 0 Å². The van der Waals surface area contributed by atoms with E-state index in [0.29, 0.717) is 11.8 Å². The molecule has 0 saturated carbocycles. The summed E-state index contributed by atoms with van der Waals surface area (Å²) < 4.78 is 2.23. The van der Waals surface area contributed by atoms with Crippen LogP contribution in [0.2, 0.25) is 5.02 Å². The highest BCUT2D eigenvalue weighted by Gasteiger charge is 2.21. The number of halogens is 2. The molecule has 2 heterocycles. The van der Waals surface area contributed by atoms with Crippen molar-refractivity contribution in [2.45, 2.75) is 32.2 Å². The van der Waals surface area contributed by atoms with Crippen molar-refractivity contribution in [2.75, 3.05) is 19.6 Å². The van der Waals surface area contributed by atoms with E-state index in [4.69, 9.17) is 23.2 Å². The number of rotatable bonds is 4. The Labute approximate surface area is 135 Å². The lowest BCUT2D eigenvalue weighted by molar-refractivity contribution is 0.181. The van der Waals surface area contributed by atoms with Gasteiger partial charge in [-0.15, -0.1) is 11.6 Å². The van der Waals surface area contributed by atoms with E-state index in [2.05, 4.69) is 21.4 Å². The Morgan fingerprint density at radius 1 is 1.29 bits per heavy atom. The van der Waals surface area contributed by atoms with Crippen LogP contribution in [0.4, 0.5) is 0 Å². The van der Waals surface area contributed by atoms with E-state index in [1.54, 1.807) is 0 Å². The van der Waals surface area contributed by atoms with Crippen LogP contribution in [0.1, 0.15) is 25.6 Å². The molecule has 1 aliphatic heterocycles. The molecule has 0 N–H and O–H groups in total. The Bertz CT molecular complexity index is 615. The highest BCUT2D eigenvalue weighted by molar-refractivity contribution is 6.35. The zero-order chi connectivity index (χ0) is 14.8. The number of imidazole rings is 1. The monoisotopic (exact) mass is 325 g/mol. The summed E-state index contributed by atoms with van der Waals surface area (Å²) in [6, 6.07) is 5.88. The van der Waals surface area contributed by atoms with Crippen LogP contribution in [0.25, 0.3) is 11.0 Å². The second kappa shape index (κ2) is 6.55. The molecule has 1 aliphatic rings. The van der Waals surface area contributed by atoms with E-state index in [0.717, 1.165) is 35.0 Å². The molecular formula is C16H21Cl2N3. The molecule has 114 valence electrons. The average Bonchev–Trinajstić information content (AvgIpc) is 2.87. The average molecular weight is 326 g/mol. The fraction of sp³-hybridized carbons (Fsp3) is 0.562. The first-order valence-electron chi connectivity index (χ1n) is 7.65. The number of aromatic nitrogens is 2. The van der Waals surface area contributed by atoms with Crippen molar-refractivity contribution < 1.29 is 0 Å². The van der Waals surface area contributed by atoms with Gasteiger partial charge in [-0.25, -0.2) is 4.98 Å². The first-order chi connectivity index (χ1) is 10.2. The highest BCUT2D eigenvalue weighted by Crippen LogP contribution is 2.28. The Hall–Kier alpha value is -0.770. The van der Waals surface area contributed by atoms with Gasteiger partial charge in [-0.05, 0) is 50.5 Å². The summed E-state index contributed by atoms with van der Waals surface area (Å²) in [4.78, 5) is 7.14. The van der Waals surface area contributed by atoms with E-state index in [1.165, 1.54) is 25.9 Å². The van der Waals surface area contributed by atoms with Crippen LogP contribution < -0.4 is 0 Å². The number of fused-ring (bicyclic) bond motifs is 1. The Morgan fingerprint density at radius 3 is 2.71 bits per heavy atom. The minimum absolute atomic E-state index is 0.429. The largest absolute Gasteiger partial charge is 0.325 e. The van der Waals surface area contributed by atoms with Crippen molar-refractivity contribution in [1.29, 1.82) is 0 Å². The van der Waals surface area contributed by atoms with Gasteiger partial charge in [0.25, 0.3) is 0 Å². The molecule has 0 unspecified atom stereocenters. The van der Waals surface area contributed by atoms with Gasteiger partial charge in [0.15, 0.2) is 0 Å². The van der Waals surface area contributed by atoms with E-state index >= 15 is 0 Å². The topological polar surface area (TPSA) is 21.1 Å². The third-order valence-corrected chi connectivity index (χ3v) is 5.06. The van der Waals surface area contributed by atoms with Gasteiger partial charge in [0.1, 0.15) is 5.82 Å². The van der Waals surface area contributed by atoms with Gasteiger partial charge in [0, 0.05) is 6.54 Å². The fourth-order valence-electron chi connectivity index (χ4n) is 3.23. The number of para-hydroxylation sites is 1. The first kappa shape index (κ1) is 15.1. The lowest BCUT2D eigenvalue weighted by Gasteiger charge is -2.31. The molecule has 21 heavy (non-hydrogen) atoms. The van der Waals surface area contributed by atoms with Crippen LogP contribution in [0, 0.1) is 5.92 Å². The molecule has 0 bridgehead atoms. The second-order valence-electron chi connectivity index (χ2n) is 5.76. The van der Waals surface area contributed by atoms with Crippen LogP contribution in [-0.2, 0) is 12.4 Å². The number of hydrogen-bond acceptors (Lipinski definition) is 2. The third kappa shape index (κ3) is 3.05. The van der Waals surface area contributed by atoms with Crippen molar-refractivity contribution >= 4 is 34.2 Å². The molecule has 0 amide bonds. The van der Waals surface area contributed by atoms with E-state index in [9.17, 15) is 0 Å². The summed E-state index contributed by atoms with van der Waals surface area (Å²) in [6.07, 6.45) is 2.47. The van der Waals surface area contributed by atoms with E-state index in [-0.39, 0.29) is 0 Å². The maximum absolute atomic E-state index is 6.38. The van der Waals surface area contributed by atoms with Crippen LogP contribution in [0.3, 0.4) is 0 Å². The summed E-state index contributed by atoms with van der Waals surface area (Å²) >= 11 is 12.5. The van der Waals surface area contributed by atoms with Crippen molar-refractivity contribution in [3.05, 3.63) is 29.0 Å². The predicted molar refractivity (Wildman–Crippen MR) is 89.1 cm³/mol. The van der Waals surface area contributed by atoms with Gasteiger partial charge in [-0.3, -0.25) is 0 Å². The van der Waals surface area contributed by atoms with E-state index in [1.807, 2.05) is 18.2 Å². The molecule has 0 spiro atoms. The van der Waals surface area contributed by atoms with Crippen molar-refractivity contribution in [3.8, 4) is 0 Å². The maximum atomic E-state index is 6.38. The number of alkyl halides is 1. The maximum Gasteiger partial charge on any atom is 0.124 e. The summed E-state index contributed by atoms with van der Waals surface area (Å²) in [5.74, 6) is 2.04. The number of hydrogen-bond donors (Lipinski definition) is 0. The normalized spacial score (nSPS) is 17.7. The van der Waals surface area contributed by atoms with Crippen molar-refractivity contribution in [2.24, 2.45) is 5.92 Å². The smallest absolute Gasteiger partial charge is 0.124 e. The lowest BCUT2D eigenvalue weighted by atomic mass is 9.96. The van der Waals surface area contributed by atoms with Crippen LogP contribution in [0.5, 0.6) is 0 Å². The predicted octanol–water partition coefficient (Wildman–Crippen LogP) is 4.16. The van der Waals surface area contributed by atoms with Crippen LogP contribution in [0.15, 0.2) is 18.2 Å². The SMILES string of the molecule is CCN1CCC(Cn2c(CCl)nc3cccc(Cl)c32)CC1. The summed E-state index contributed by atoms with van der Waals surface area (Å²) in [7, 11) is 0. The quantitative estimate of drug-likeness (QED) is 0.787. The Morgan fingerprint density at radius 2 is 2.05 bits per heavy atom. The molecule has 5 heteroatoms. The number of likely N-dealkylation sites (tertiary alicyclic amines) is 1. The van der Waals surface area contributed by atoms with Crippen LogP contribution in [-0.4, -0.2) is 34.1 Å². The summed E-state index contributed by atoms with van der Waals surface area (Å²) in [6.45, 7) is 6.74. The lowest BCUT2D eigenvalue weighted by Crippen LogP contribution is -2.34. The Balaban J connectivity index is 1.86. The molecule has 0 radical (unpaired) electrons. The second-order valence-corrected chi connectivity index (χ2v) is 6.43. The standard InChI is InChI=1S/C16H21Cl2N3/c1-2-20-8-6-12(7-9-20)11-21-15(10-17)19-14-5-3-4-13(18)16(14)21/h3-5,12H,2,6-11H2,1H3. The summed E-state index contributed by atoms with van der Waals surface area (Å²) in [5.41, 5.74) is 1.98. The van der Waals surface area contributed by atoms with Gasteiger partial charge >= 0.3 is 0 Å². The number of nitrogens with zero attached hydrogens (tertiary/aromatic N) is 3. The van der Waals surface area contributed by atoms with Crippen molar-refractivity contribution in [1.82, 2.24) is 14.5 Å². The molecule has 3 rings (SSSR count). The molecule has 3 nitrogen and oxygen atoms in total. The molecule has 0 atom stereocenters. The number of benzene rings is 1. The molecular weight excluding hydrogens is 305 g/mol. The van der Waals surface area contributed by atoms with E-state index < -0.39 is 0 Å². The molecule has 2 aromatic rings. The zero-order valence-electron chi connectivity index (χ0n) is 12.4. The fourth-order valence-corrected chi connectivity index (χ4v) is 3.71. The summed E-state index contributed by atoms with van der Waals surface area (Å²) in [5, 5.41) is 0.766. The Kier molecular flexibility index (Phi) is 4.72. The van der Waals surface area contributed by atoms with Gasteiger partial charge < -0.3 is 9.47 Å². The molecule has 1 saturated heterocycles. The van der Waals surface area contributed by atoms with Crippen LogP contribution >= 0.6 is 23.2 Å². The number of piperidine rings is 1. The highest BCUT2D eigenvalue weighted by atomic mass is 35.5. The molecule has 1 aromatic carbocycles. The van der Waals surface area contributed by atoms with Gasteiger partial charge in [0.2, 0.25) is 0 Å². The third-order valence-electron chi connectivity index (χ3n) is 4.51. The zero-order valence-corrected chi connectivity index (χ0v) is 13.9. The van der Waals surface area contributed by atoms with Gasteiger partial charge in [0.05, 0.1) is 21.9 Å². The van der Waals surface area contributed by atoms with Gasteiger partial charge in [-0.1, -0.05) is 24.6 Å². The minimum Gasteiger partial charge on any atom is -0.325 e. The molecule has 1 fully saturated rings. The van der Waals surface area contributed by atoms with Gasteiger partial charge in [-0.2, -0.15) is 0 Å². The first-order valence-corrected chi connectivity index (χ1v) is 8.56.